The van der Waals surface area contributed by atoms with Crippen molar-refractivity contribution in [3.63, 3.8) is 0 Å². The number of hydrogen-bond donors (Lipinski definition) is 3. The van der Waals surface area contributed by atoms with Crippen LogP contribution in [0.1, 0.15) is 123 Å². The summed E-state index contributed by atoms with van der Waals surface area (Å²) in [6, 6.07) is -0.861. The van der Waals surface area contributed by atoms with Gasteiger partial charge in [0.15, 0.2) is 0 Å². The van der Waals surface area contributed by atoms with Crippen molar-refractivity contribution < 1.29 is 95.1 Å². The maximum Gasteiger partial charge on any atom is 0.407 e. The van der Waals surface area contributed by atoms with Gasteiger partial charge in [-0.3, -0.25) is 48.4 Å². The number of hydrogen-bond acceptors (Lipinski definition) is 24. The van der Waals surface area contributed by atoms with E-state index in [9.17, 15) is 33.6 Å². The standard InChI is InChI=1S/C61H115N7O20/c1-57(2,3)84-52(71)46-65-22-24-66(47-53(72)85-58(4,5)6)26-28-68(29-27-67(25-23-65)48-54(73)86-59(7,8)9)49(55(74)87-60(10,11)12)16-17-50(69)62-19-31-78-37-39-81-41-43-83-45-44-82-42-40-80-38-34-76-30-18-51(70)63-20-32-77-35-36-79-33-21-64-56(75)88-61(13,14)15/h49H,16-48H2,1-15H3,(H,62,69)(H,63,70)(H,64,75). The fourth-order valence-electron chi connectivity index (χ4n) is 8.02. The van der Waals surface area contributed by atoms with E-state index in [1.807, 2.05) is 40.4 Å². The first-order valence-corrected chi connectivity index (χ1v) is 31.1. The summed E-state index contributed by atoms with van der Waals surface area (Å²) in [6.07, 6.45) is -0.135. The first-order chi connectivity index (χ1) is 41.2. The van der Waals surface area contributed by atoms with Crippen LogP contribution < -0.4 is 16.0 Å². The van der Waals surface area contributed by atoms with Gasteiger partial charge in [-0.15, -0.1) is 0 Å². The molecule has 0 aromatic carbocycles. The van der Waals surface area contributed by atoms with Gasteiger partial charge in [0.2, 0.25) is 11.8 Å². The minimum Gasteiger partial charge on any atom is -0.459 e. The summed E-state index contributed by atoms with van der Waals surface area (Å²) in [7, 11) is 0. The van der Waals surface area contributed by atoms with Crippen LogP contribution in [0.3, 0.4) is 0 Å². The second kappa shape index (κ2) is 45.0. The van der Waals surface area contributed by atoms with Crippen molar-refractivity contribution in [3.8, 4) is 0 Å². The van der Waals surface area contributed by atoms with Crippen LogP contribution in [0.4, 0.5) is 4.79 Å². The van der Waals surface area contributed by atoms with Gasteiger partial charge >= 0.3 is 30.0 Å². The van der Waals surface area contributed by atoms with E-state index in [0.717, 1.165) is 0 Å². The number of ether oxygens (including phenoxy) is 13. The number of alkyl carbamates (subject to hydrolysis) is 1. The van der Waals surface area contributed by atoms with E-state index >= 15 is 0 Å². The van der Waals surface area contributed by atoms with Crippen molar-refractivity contribution in [2.45, 2.75) is 157 Å². The molecule has 0 spiro atoms. The van der Waals surface area contributed by atoms with Gasteiger partial charge in [0, 0.05) is 84.8 Å². The molecule has 1 atom stereocenters. The highest BCUT2D eigenvalue weighted by molar-refractivity contribution is 5.80. The van der Waals surface area contributed by atoms with Crippen LogP contribution in [0.25, 0.3) is 0 Å². The van der Waals surface area contributed by atoms with Gasteiger partial charge in [-0.1, -0.05) is 0 Å². The first kappa shape index (κ1) is 81.6. The molecule has 514 valence electrons. The summed E-state index contributed by atoms with van der Waals surface area (Å²) in [5.74, 6) is -2.15. The molecular weight excluding hydrogens is 1150 g/mol. The summed E-state index contributed by atoms with van der Waals surface area (Å²) in [6.45, 7) is 36.2. The van der Waals surface area contributed by atoms with Crippen LogP contribution in [0.2, 0.25) is 0 Å². The normalized spacial score (nSPS) is 15.3. The molecule has 3 N–H and O–H groups in total. The zero-order valence-electron chi connectivity index (χ0n) is 56.4. The third-order valence-corrected chi connectivity index (χ3v) is 11.7. The highest BCUT2D eigenvalue weighted by atomic mass is 16.6. The molecule has 0 aliphatic carbocycles. The molecule has 3 amide bonds. The number of nitrogens with one attached hydrogen (secondary N) is 3. The topological polar surface area (TPSA) is 289 Å². The molecule has 1 unspecified atom stereocenters. The van der Waals surface area contributed by atoms with Crippen molar-refractivity contribution in [3.05, 3.63) is 0 Å². The maximum absolute atomic E-state index is 14.2. The third kappa shape index (κ3) is 50.4. The van der Waals surface area contributed by atoms with Gasteiger partial charge in [0.05, 0.1) is 125 Å². The van der Waals surface area contributed by atoms with Crippen LogP contribution >= 0.6 is 0 Å². The number of esters is 4. The zero-order valence-corrected chi connectivity index (χ0v) is 56.4. The van der Waals surface area contributed by atoms with Crippen molar-refractivity contribution in [1.29, 1.82) is 0 Å². The molecule has 1 fully saturated rings. The number of carbonyl (C=O) groups excluding carboxylic acids is 7. The maximum atomic E-state index is 14.2. The second-order valence-corrected chi connectivity index (χ2v) is 26.0. The van der Waals surface area contributed by atoms with Crippen LogP contribution in [-0.2, 0) is 90.3 Å². The Kier molecular flexibility index (Phi) is 41.7. The van der Waals surface area contributed by atoms with E-state index in [0.29, 0.717) is 158 Å². The fraction of sp³-hybridized carbons (Fsp3) is 0.885. The minimum atomic E-state index is -0.861. The van der Waals surface area contributed by atoms with E-state index in [1.54, 1.807) is 83.1 Å². The molecule has 1 aliphatic rings. The highest BCUT2D eigenvalue weighted by Gasteiger charge is 2.33. The molecule has 0 aromatic heterocycles. The Bertz CT molecular complexity index is 1910. The average molecular weight is 1270 g/mol. The molecule has 27 heteroatoms. The average Bonchev–Trinajstić information content (AvgIpc) is 3.43. The van der Waals surface area contributed by atoms with E-state index in [1.165, 1.54) is 0 Å². The number of rotatable bonds is 41. The Morgan fingerprint density at radius 3 is 0.920 bits per heavy atom. The summed E-state index contributed by atoms with van der Waals surface area (Å²) in [5, 5.41) is 8.27. The molecule has 0 radical (unpaired) electrons. The summed E-state index contributed by atoms with van der Waals surface area (Å²) in [5.41, 5.74) is -3.51. The van der Waals surface area contributed by atoms with E-state index < -0.39 is 64.0 Å². The molecule has 1 saturated heterocycles. The molecule has 1 rings (SSSR count). The van der Waals surface area contributed by atoms with E-state index in [-0.39, 0.29) is 70.5 Å². The molecule has 0 aromatic rings. The van der Waals surface area contributed by atoms with Crippen LogP contribution in [0.15, 0.2) is 0 Å². The predicted octanol–water partition coefficient (Wildman–Crippen LogP) is 3.00. The fourth-order valence-corrected chi connectivity index (χ4v) is 8.02. The van der Waals surface area contributed by atoms with Crippen LogP contribution in [0.5, 0.6) is 0 Å². The van der Waals surface area contributed by atoms with E-state index in [4.69, 9.17) is 61.6 Å². The molecular formula is C61H115N7O20. The zero-order chi connectivity index (χ0) is 66.1. The molecule has 88 heavy (non-hydrogen) atoms. The Hall–Kier alpha value is -4.39. The number of nitrogens with zero attached hydrogens (tertiary/aromatic N) is 4. The highest BCUT2D eigenvalue weighted by Crippen LogP contribution is 2.18. The first-order valence-electron chi connectivity index (χ1n) is 31.1. The van der Waals surface area contributed by atoms with Crippen molar-refractivity contribution in [1.82, 2.24) is 35.6 Å². The minimum absolute atomic E-state index is 0.00357. The summed E-state index contributed by atoms with van der Waals surface area (Å²) < 4.78 is 72.4. The van der Waals surface area contributed by atoms with Gasteiger partial charge in [-0.2, -0.15) is 0 Å². The van der Waals surface area contributed by atoms with Crippen LogP contribution in [-0.4, -0.2) is 293 Å². The summed E-state index contributed by atoms with van der Waals surface area (Å²) >= 11 is 0. The Labute approximate surface area is 525 Å². The van der Waals surface area contributed by atoms with Crippen LogP contribution in [0, 0.1) is 0 Å². The smallest absolute Gasteiger partial charge is 0.407 e. The van der Waals surface area contributed by atoms with E-state index in [2.05, 4.69) is 16.0 Å². The Balaban J connectivity index is 2.50. The van der Waals surface area contributed by atoms with Gasteiger partial charge in [-0.25, -0.2) is 4.79 Å². The summed E-state index contributed by atoms with van der Waals surface area (Å²) in [4.78, 5) is 98.6. The van der Waals surface area contributed by atoms with Crippen molar-refractivity contribution >= 4 is 41.8 Å². The van der Waals surface area contributed by atoms with Gasteiger partial charge in [0.25, 0.3) is 0 Å². The molecule has 1 heterocycles. The van der Waals surface area contributed by atoms with Gasteiger partial charge in [0.1, 0.15) is 34.0 Å². The third-order valence-electron chi connectivity index (χ3n) is 11.7. The van der Waals surface area contributed by atoms with Crippen molar-refractivity contribution in [2.75, 3.05) is 197 Å². The van der Waals surface area contributed by atoms with Gasteiger partial charge in [-0.05, 0) is 110 Å². The SMILES string of the molecule is CC(C)(C)OC(=O)CN1CCN(CC(=O)OC(C)(C)C)CCN(C(CCC(=O)NCCOCCOCCOCCOCCOCCOCCC(=O)NCCOCCOCCNC(=O)OC(C)(C)C)C(=O)OC(C)(C)C)CCN(CC(=O)OC(C)(C)C)CC1. The molecule has 0 bridgehead atoms. The Morgan fingerprint density at radius 1 is 0.330 bits per heavy atom. The lowest BCUT2D eigenvalue weighted by Crippen LogP contribution is -2.53. The lowest BCUT2D eigenvalue weighted by Gasteiger charge is -2.37. The number of carbonyl (C=O) groups is 7. The number of amides is 3. The second-order valence-electron chi connectivity index (χ2n) is 26.0. The molecule has 27 nitrogen and oxygen atoms in total. The molecule has 0 saturated carbocycles. The van der Waals surface area contributed by atoms with Crippen molar-refractivity contribution in [2.24, 2.45) is 0 Å². The predicted molar refractivity (Wildman–Crippen MR) is 329 cm³/mol. The Morgan fingerprint density at radius 2 is 0.602 bits per heavy atom. The lowest BCUT2D eigenvalue weighted by molar-refractivity contribution is -0.163. The largest absolute Gasteiger partial charge is 0.459 e. The lowest BCUT2D eigenvalue weighted by atomic mass is 10.1. The quantitative estimate of drug-likeness (QED) is 0.0450. The van der Waals surface area contributed by atoms with Gasteiger partial charge < -0.3 is 77.5 Å². The monoisotopic (exact) mass is 1270 g/mol. The molecule has 1 aliphatic heterocycles.